The quantitative estimate of drug-likeness (QED) is 0.237. The van der Waals surface area contributed by atoms with E-state index in [2.05, 4.69) is 24.6 Å². The molecule has 8 heteroatoms. The molecular formula is C20H22ClF3N2OSi. The van der Waals surface area contributed by atoms with Gasteiger partial charge in [0.05, 0.1) is 0 Å². The summed E-state index contributed by atoms with van der Waals surface area (Å²) in [4.78, 5) is 4.21. The van der Waals surface area contributed by atoms with Gasteiger partial charge in [0.2, 0.25) is 5.95 Å². The maximum Gasteiger partial charge on any atom is 0.264 e. The molecule has 28 heavy (non-hydrogen) atoms. The average molecular weight is 427 g/mol. The molecular weight excluding hydrogens is 405 g/mol. The summed E-state index contributed by atoms with van der Waals surface area (Å²) < 4.78 is 49.3. The Hall–Kier alpha value is -1.83. The molecule has 0 aliphatic carbocycles. The summed E-state index contributed by atoms with van der Waals surface area (Å²) in [5, 5.41) is 0.617. The van der Waals surface area contributed by atoms with Crippen molar-refractivity contribution >= 4 is 30.7 Å². The molecule has 3 aromatic rings. The number of nitrogens with zero attached hydrogens (tertiary/aromatic N) is 2. The standard InChI is InChI=1S/C20H22ClF3N2OSi/c1-28(2,3)11-10-27-12-26-19(24)17(15-8-9-16(21)25-20(15)26)13-6-4-5-7-14(13)18(22)23/h4-9,18H,10-12H2,1-3H3. The van der Waals surface area contributed by atoms with Crippen LogP contribution in [0.4, 0.5) is 13.2 Å². The van der Waals surface area contributed by atoms with Crippen molar-refractivity contribution in [3.05, 3.63) is 53.1 Å². The zero-order valence-corrected chi connectivity index (χ0v) is 17.7. The molecule has 0 aliphatic heterocycles. The molecule has 0 aliphatic rings. The molecule has 0 unspecified atom stereocenters. The molecule has 150 valence electrons. The molecule has 0 radical (unpaired) electrons. The largest absolute Gasteiger partial charge is 0.361 e. The van der Waals surface area contributed by atoms with Crippen LogP contribution in [0.5, 0.6) is 0 Å². The van der Waals surface area contributed by atoms with Crippen LogP contribution >= 0.6 is 11.6 Å². The van der Waals surface area contributed by atoms with Gasteiger partial charge in [-0.1, -0.05) is 55.5 Å². The van der Waals surface area contributed by atoms with Crippen LogP contribution < -0.4 is 0 Å². The van der Waals surface area contributed by atoms with E-state index < -0.39 is 20.4 Å². The lowest BCUT2D eigenvalue weighted by Crippen LogP contribution is -2.22. The molecule has 0 saturated carbocycles. The van der Waals surface area contributed by atoms with Gasteiger partial charge < -0.3 is 4.74 Å². The summed E-state index contributed by atoms with van der Waals surface area (Å²) >= 11 is 6.00. The highest BCUT2D eigenvalue weighted by atomic mass is 35.5. The van der Waals surface area contributed by atoms with Crippen LogP contribution in [-0.4, -0.2) is 24.2 Å². The van der Waals surface area contributed by atoms with Crippen molar-refractivity contribution in [2.24, 2.45) is 0 Å². The molecule has 0 spiro atoms. The van der Waals surface area contributed by atoms with Crippen LogP contribution in [0, 0.1) is 5.95 Å². The molecule has 0 atom stereocenters. The summed E-state index contributed by atoms with van der Waals surface area (Å²) in [6.07, 6.45) is -2.72. The number of ether oxygens (including phenoxy) is 1. The predicted molar refractivity (Wildman–Crippen MR) is 109 cm³/mol. The lowest BCUT2D eigenvalue weighted by atomic mass is 10.00. The predicted octanol–water partition coefficient (Wildman–Crippen LogP) is 6.75. The Balaban J connectivity index is 2.07. The van der Waals surface area contributed by atoms with E-state index in [1.165, 1.54) is 28.8 Å². The van der Waals surface area contributed by atoms with Gasteiger partial charge in [0.25, 0.3) is 6.43 Å². The first-order valence-electron chi connectivity index (χ1n) is 8.98. The number of hydrogen-bond acceptors (Lipinski definition) is 2. The monoisotopic (exact) mass is 426 g/mol. The molecule has 0 fully saturated rings. The second kappa shape index (κ2) is 8.27. The van der Waals surface area contributed by atoms with Gasteiger partial charge in [-0.15, -0.1) is 0 Å². The van der Waals surface area contributed by atoms with Crippen LogP contribution in [0.3, 0.4) is 0 Å². The summed E-state index contributed by atoms with van der Waals surface area (Å²) in [5.41, 5.74) is 0.279. The minimum atomic E-state index is -2.72. The third-order valence-corrected chi connectivity index (χ3v) is 6.41. The third-order valence-electron chi connectivity index (χ3n) is 4.49. The lowest BCUT2D eigenvalue weighted by Gasteiger charge is -2.15. The molecule has 0 bridgehead atoms. The van der Waals surface area contributed by atoms with Crippen molar-refractivity contribution in [2.45, 2.75) is 38.8 Å². The van der Waals surface area contributed by atoms with Crippen molar-refractivity contribution in [3.63, 3.8) is 0 Å². The van der Waals surface area contributed by atoms with Crippen LogP contribution in [0.25, 0.3) is 22.2 Å². The molecule has 2 aromatic heterocycles. The Bertz CT molecular complexity index is 985. The molecule has 0 amide bonds. The molecule has 2 heterocycles. The van der Waals surface area contributed by atoms with E-state index in [0.29, 0.717) is 12.0 Å². The van der Waals surface area contributed by atoms with Crippen molar-refractivity contribution in [2.75, 3.05) is 6.61 Å². The van der Waals surface area contributed by atoms with Crippen LogP contribution in [-0.2, 0) is 11.5 Å². The van der Waals surface area contributed by atoms with E-state index in [-0.39, 0.29) is 34.2 Å². The van der Waals surface area contributed by atoms with Crippen LogP contribution in [0.2, 0.25) is 30.8 Å². The van der Waals surface area contributed by atoms with Crippen molar-refractivity contribution < 1.29 is 17.9 Å². The summed E-state index contributed by atoms with van der Waals surface area (Å²) in [5.74, 6) is -0.661. The minimum Gasteiger partial charge on any atom is -0.361 e. The molecule has 3 rings (SSSR count). The van der Waals surface area contributed by atoms with E-state index in [1.807, 2.05) is 0 Å². The van der Waals surface area contributed by atoms with Gasteiger partial charge in [-0.3, -0.25) is 4.57 Å². The van der Waals surface area contributed by atoms with E-state index in [0.717, 1.165) is 6.04 Å². The fourth-order valence-corrected chi connectivity index (χ4v) is 3.89. The highest BCUT2D eigenvalue weighted by Gasteiger charge is 2.24. The van der Waals surface area contributed by atoms with E-state index in [1.54, 1.807) is 12.1 Å². The first kappa shape index (κ1) is 20.9. The lowest BCUT2D eigenvalue weighted by molar-refractivity contribution is 0.0825. The number of hydrogen-bond donors (Lipinski definition) is 0. The Kier molecular flexibility index (Phi) is 6.17. The topological polar surface area (TPSA) is 27.1 Å². The van der Waals surface area contributed by atoms with E-state index in [4.69, 9.17) is 16.3 Å². The highest BCUT2D eigenvalue weighted by Crippen LogP contribution is 2.38. The number of benzene rings is 1. The fraction of sp³-hybridized carbons (Fsp3) is 0.350. The van der Waals surface area contributed by atoms with E-state index >= 15 is 4.39 Å². The number of rotatable bonds is 7. The van der Waals surface area contributed by atoms with Crippen molar-refractivity contribution in [1.82, 2.24) is 9.55 Å². The SMILES string of the molecule is C[Si](C)(C)CCOCn1c(F)c(-c2ccccc2C(F)F)c2ccc(Cl)nc21. The first-order valence-corrected chi connectivity index (χ1v) is 13.1. The number of fused-ring (bicyclic) bond motifs is 1. The zero-order chi connectivity index (χ0) is 20.5. The first-order chi connectivity index (χ1) is 13.2. The second-order valence-electron chi connectivity index (χ2n) is 7.83. The Labute approximate surface area is 168 Å². The van der Waals surface area contributed by atoms with Crippen LogP contribution in [0.15, 0.2) is 36.4 Å². The van der Waals surface area contributed by atoms with E-state index in [9.17, 15) is 8.78 Å². The number of halogens is 4. The molecule has 3 nitrogen and oxygen atoms in total. The summed E-state index contributed by atoms with van der Waals surface area (Å²) in [6, 6.07) is 9.97. The number of pyridine rings is 1. The van der Waals surface area contributed by atoms with Gasteiger partial charge in [0.15, 0.2) is 0 Å². The number of alkyl halides is 2. The Morgan fingerprint density at radius 1 is 1.14 bits per heavy atom. The second-order valence-corrected chi connectivity index (χ2v) is 13.8. The van der Waals surface area contributed by atoms with Gasteiger partial charge in [-0.2, -0.15) is 4.39 Å². The normalized spacial score (nSPS) is 12.3. The van der Waals surface area contributed by atoms with Gasteiger partial charge in [-0.05, 0) is 23.7 Å². The molecule has 1 aromatic carbocycles. The van der Waals surface area contributed by atoms with Gasteiger partial charge in [0, 0.05) is 31.2 Å². The summed E-state index contributed by atoms with van der Waals surface area (Å²) in [6.45, 7) is 7.11. The van der Waals surface area contributed by atoms with Gasteiger partial charge in [0.1, 0.15) is 17.5 Å². The number of aromatic nitrogens is 2. The summed E-state index contributed by atoms with van der Waals surface area (Å²) in [7, 11) is -1.29. The average Bonchev–Trinajstić information content (AvgIpc) is 2.88. The highest BCUT2D eigenvalue weighted by molar-refractivity contribution is 6.76. The molecule has 0 N–H and O–H groups in total. The van der Waals surface area contributed by atoms with Gasteiger partial charge >= 0.3 is 0 Å². The Morgan fingerprint density at radius 3 is 2.54 bits per heavy atom. The minimum absolute atomic E-state index is 0.0585. The zero-order valence-electron chi connectivity index (χ0n) is 16.0. The Morgan fingerprint density at radius 2 is 1.86 bits per heavy atom. The van der Waals surface area contributed by atoms with Crippen molar-refractivity contribution in [1.29, 1.82) is 0 Å². The fourth-order valence-electron chi connectivity index (χ4n) is 2.99. The maximum absolute atomic E-state index is 15.4. The maximum atomic E-state index is 15.4. The van der Waals surface area contributed by atoms with Gasteiger partial charge in [-0.25, -0.2) is 13.8 Å². The van der Waals surface area contributed by atoms with Crippen molar-refractivity contribution in [3.8, 4) is 11.1 Å². The van der Waals surface area contributed by atoms with Crippen LogP contribution in [0.1, 0.15) is 12.0 Å². The smallest absolute Gasteiger partial charge is 0.264 e. The third kappa shape index (κ3) is 4.42. The molecule has 0 saturated heterocycles.